The van der Waals surface area contributed by atoms with Crippen LogP contribution in [-0.4, -0.2) is 95.8 Å². The summed E-state index contributed by atoms with van der Waals surface area (Å²) in [6.07, 6.45) is 8.44. The summed E-state index contributed by atoms with van der Waals surface area (Å²) in [6, 6.07) is 4.53. The van der Waals surface area contributed by atoms with Crippen LogP contribution in [0.3, 0.4) is 0 Å². The van der Waals surface area contributed by atoms with E-state index in [4.69, 9.17) is 23.7 Å². The van der Waals surface area contributed by atoms with Crippen molar-refractivity contribution >= 4 is 44.6 Å². The number of rotatable bonds is 10. The third-order valence-electron chi connectivity index (χ3n) is 10.8. The monoisotopic (exact) mass is 792 g/mol. The van der Waals surface area contributed by atoms with Gasteiger partial charge in [-0.05, 0) is 71.4 Å². The molecule has 4 heterocycles. The maximum absolute atomic E-state index is 14.6. The van der Waals surface area contributed by atoms with Crippen molar-refractivity contribution < 1.29 is 46.3 Å². The maximum atomic E-state index is 14.6. The second kappa shape index (κ2) is 15.7. The van der Waals surface area contributed by atoms with Crippen LogP contribution in [0.25, 0.3) is 10.9 Å². The van der Waals surface area contributed by atoms with Crippen LogP contribution < -0.4 is 29.6 Å². The van der Waals surface area contributed by atoms with Gasteiger partial charge in [0.2, 0.25) is 33.5 Å². The zero-order chi connectivity index (χ0) is 39.8. The number of nitrogens with one attached hydrogen (secondary N) is 3. The summed E-state index contributed by atoms with van der Waals surface area (Å²) in [5, 5.41) is 9.30. The molecule has 3 aromatic rings. The Bertz CT molecular complexity index is 2140. The van der Waals surface area contributed by atoms with Gasteiger partial charge in [-0.25, -0.2) is 13.4 Å². The number of carbonyl (C=O) groups is 4. The molecular weight excluding hydrogens is 745 g/mol. The molecule has 0 unspecified atom stereocenters. The summed E-state index contributed by atoms with van der Waals surface area (Å²) in [7, 11) is -2.34. The first-order chi connectivity index (χ1) is 26.8. The molecule has 300 valence electrons. The quantitative estimate of drug-likeness (QED) is 0.252. The number of nitrogens with zero attached hydrogens (tertiary/aromatic N) is 3. The molecule has 1 aromatic carbocycles. The number of aryl methyl sites for hydroxylation is 1. The van der Waals surface area contributed by atoms with Crippen LogP contribution in [0.1, 0.15) is 87.8 Å². The number of allylic oxidation sites excluding steroid dienone is 1. The first-order valence-corrected chi connectivity index (χ1v) is 20.7. The molecule has 3 fully saturated rings. The van der Waals surface area contributed by atoms with Crippen molar-refractivity contribution in [2.75, 3.05) is 13.7 Å². The van der Waals surface area contributed by atoms with Gasteiger partial charge in [-0.1, -0.05) is 30.2 Å². The van der Waals surface area contributed by atoms with Crippen LogP contribution in [0.4, 0.5) is 0 Å². The first-order valence-electron chi connectivity index (χ1n) is 19.2. The highest BCUT2D eigenvalue weighted by Crippen LogP contribution is 2.46. The predicted octanol–water partition coefficient (Wildman–Crippen LogP) is 3.48. The zero-order valence-corrected chi connectivity index (χ0v) is 32.7. The molecule has 2 saturated carbocycles. The van der Waals surface area contributed by atoms with Crippen molar-refractivity contribution in [1.29, 1.82) is 0 Å². The number of sulfonamides is 1. The number of benzene rings is 1. The normalized spacial score (nSPS) is 25.7. The number of hydrogen-bond donors (Lipinski definition) is 3. The average Bonchev–Trinajstić information content (AvgIpc) is 4.01. The van der Waals surface area contributed by atoms with Gasteiger partial charge in [-0.2, -0.15) is 0 Å². The third kappa shape index (κ3) is 8.18. The Kier molecular flexibility index (Phi) is 11.0. The standard InChI is InChI=1S/C39H48N6O10S/c1-22(2)53-33-19-32(27-14-15-30(52-4)23(3)34(27)42-33)54-25-18-29-35(46)43-39(38(49)44-56(50,51)26-12-13-26)20-24(39)10-8-6-5-7-9-11-28(37(48)45(29)21-25)41-36(47)31-16-17-40-55-31/h8,10,14-17,19,22,24-26,28-29H,5-7,9,11-13,18,20-21H2,1-4H3,(H,41,47)(H,43,46)(H,44,49)/t24-,25-,28+,29+,39-/m1/s1. The van der Waals surface area contributed by atoms with Gasteiger partial charge in [0.25, 0.3) is 11.8 Å². The Morgan fingerprint density at radius 3 is 2.61 bits per heavy atom. The molecule has 1 saturated heterocycles. The molecule has 16 nitrogen and oxygen atoms in total. The number of ether oxygens (including phenoxy) is 3. The number of hydrogen-bond acceptors (Lipinski definition) is 12. The molecule has 4 aliphatic rings. The zero-order valence-electron chi connectivity index (χ0n) is 31.9. The molecule has 3 N–H and O–H groups in total. The molecule has 2 aromatic heterocycles. The van der Waals surface area contributed by atoms with E-state index in [9.17, 15) is 27.6 Å². The van der Waals surface area contributed by atoms with E-state index in [1.54, 1.807) is 19.2 Å². The van der Waals surface area contributed by atoms with Crippen molar-refractivity contribution in [3.63, 3.8) is 0 Å². The Morgan fingerprint density at radius 2 is 1.89 bits per heavy atom. The summed E-state index contributed by atoms with van der Waals surface area (Å²) >= 11 is 0. The Balaban J connectivity index is 1.23. The fourth-order valence-electron chi connectivity index (χ4n) is 7.57. The molecule has 56 heavy (non-hydrogen) atoms. The Labute approximate surface area is 325 Å². The van der Waals surface area contributed by atoms with Crippen LogP contribution in [0.15, 0.2) is 47.1 Å². The second-order valence-corrected chi connectivity index (χ2v) is 17.3. The van der Waals surface area contributed by atoms with E-state index in [1.807, 2.05) is 39.0 Å². The van der Waals surface area contributed by atoms with E-state index >= 15 is 0 Å². The van der Waals surface area contributed by atoms with E-state index in [-0.39, 0.29) is 31.3 Å². The van der Waals surface area contributed by atoms with Crippen LogP contribution >= 0.6 is 0 Å². The van der Waals surface area contributed by atoms with Crippen LogP contribution in [0, 0.1) is 12.8 Å². The molecule has 4 amide bonds. The van der Waals surface area contributed by atoms with Gasteiger partial charge in [0.1, 0.15) is 35.2 Å². The summed E-state index contributed by atoms with van der Waals surface area (Å²) in [4.78, 5) is 62.2. The molecule has 0 spiro atoms. The highest BCUT2D eigenvalue weighted by Gasteiger charge is 2.62. The number of carbonyl (C=O) groups excluding carboxylic acids is 4. The van der Waals surface area contributed by atoms with Gasteiger partial charge in [0.15, 0.2) is 0 Å². The van der Waals surface area contributed by atoms with E-state index in [1.165, 1.54) is 17.2 Å². The molecule has 2 aliphatic carbocycles. The fourth-order valence-corrected chi connectivity index (χ4v) is 8.93. The minimum atomic E-state index is -3.91. The van der Waals surface area contributed by atoms with Gasteiger partial charge in [-0.15, -0.1) is 0 Å². The van der Waals surface area contributed by atoms with E-state index in [0.717, 1.165) is 18.4 Å². The van der Waals surface area contributed by atoms with Crippen molar-refractivity contribution in [2.24, 2.45) is 5.92 Å². The summed E-state index contributed by atoms with van der Waals surface area (Å²) in [5.74, 6) is -1.73. The highest BCUT2D eigenvalue weighted by atomic mass is 32.2. The maximum Gasteiger partial charge on any atom is 0.290 e. The molecule has 5 atom stereocenters. The molecule has 0 bridgehead atoms. The lowest BCUT2D eigenvalue weighted by molar-refractivity contribution is -0.141. The summed E-state index contributed by atoms with van der Waals surface area (Å²) in [6.45, 7) is 5.60. The van der Waals surface area contributed by atoms with Gasteiger partial charge < -0.3 is 34.3 Å². The lowest BCUT2D eigenvalue weighted by atomic mass is 10.0. The lowest BCUT2D eigenvalue weighted by Crippen LogP contribution is -2.58. The van der Waals surface area contributed by atoms with Gasteiger partial charge in [0.05, 0.1) is 36.7 Å². The molecule has 0 radical (unpaired) electrons. The first kappa shape index (κ1) is 39.1. The second-order valence-electron chi connectivity index (χ2n) is 15.3. The largest absolute Gasteiger partial charge is 0.496 e. The SMILES string of the molecule is COc1ccc2c(O[C@@H]3C[C@H]4C(=O)N[C@]5(C(=O)NS(=O)(=O)C6CC6)C[C@H]5C=CCCCCC[C@H](NC(=O)c5ccno5)C(=O)N4C3)cc(OC(C)C)nc2c1C. The third-order valence-corrected chi connectivity index (χ3v) is 12.6. The Hall–Kier alpha value is -5.19. The number of pyridine rings is 1. The summed E-state index contributed by atoms with van der Waals surface area (Å²) < 4.78 is 51.2. The number of aromatic nitrogens is 2. The molecule has 2 aliphatic heterocycles. The topological polar surface area (TPSA) is 208 Å². The van der Waals surface area contributed by atoms with Crippen molar-refractivity contribution in [1.82, 2.24) is 30.4 Å². The minimum absolute atomic E-state index is 0.0260. The smallest absolute Gasteiger partial charge is 0.290 e. The number of fused-ring (bicyclic) bond motifs is 3. The van der Waals surface area contributed by atoms with Crippen molar-refractivity contribution in [3.8, 4) is 17.4 Å². The van der Waals surface area contributed by atoms with Crippen LogP contribution in [-0.2, 0) is 24.4 Å². The van der Waals surface area contributed by atoms with Gasteiger partial charge in [0, 0.05) is 35.4 Å². The molecule has 17 heteroatoms. The van der Waals surface area contributed by atoms with E-state index < -0.39 is 68.5 Å². The van der Waals surface area contributed by atoms with Crippen molar-refractivity contribution in [2.45, 2.75) is 114 Å². The van der Waals surface area contributed by atoms with E-state index in [0.29, 0.717) is 60.4 Å². The van der Waals surface area contributed by atoms with Crippen LogP contribution in [0.2, 0.25) is 0 Å². The van der Waals surface area contributed by atoms with Gasteiger partial charge >= 0.3 is 0 Å². The number of methoxy groups -OCH3 is 1. The number of amides is 4. The fraction of sp³-hybridized carbons (Fsp3) is 0.538. The summed E-state index contributed by atoms with van der Waals surface area (Å²) in [5.41, 5.74) is -0.163. The molecule has 7 rings (SSSR count). The average molecular weight is 793 g/mol. The van der Waals surface area contributed by atoms with Crippen molar-refractivity contribution in [3.05, 3.63) is 53.9 Å². The predicted molar refractivity (Wildman–Crippen MR) is 202 cm³/mol. The molecular formula is C39H48N6O10S. The lowest BCUT2D eigenvalue weighted by Gasteiger charge is -2.29. The van der Waals surface area contributed by atoms with Crippen LogP contribution in [0.5, 0.6) is 17.4 Å². The minimum Gasteiger partial charge on any atom is -0.496 e. The van der Waals surface area contributed by atoms with E-state index in [2.05, 4.69) is 20.5 Å². The van der Waals surface area contributed by atoms with Gasteiger partial charge in [-0.3, -0.25) is 23.9 Å². The highest BCUT2D eigenvalue weighted by molar-refractivity contribution is 7.91. The Morgan fingerprint density at radius 1 is 1.09 bits per heavy atom.